The van der Waals surface area contributed by atoms with Crippen LogP contribution in [0.1, 0.15) is 52.7 Å². The molecule has 2 aliphatic rings. The lowest BCUT2D eigenvalue weighted by molar-refractivity contribution is 0.660. The molecule has 0 aliphatic heterocycles. The Labute approximate surface area is 427 Å². The van der Waals surface area contributed by atoms with Crippen LogP contribution >= 0.6 is 0 Å². The van der Waals surface area contributed by atoms with Gasteiger partial charge in [0.05, 0.1) is 21.9 Å². The number of fused-ring (bicyclic) bond motifs is 9. The summed E-state index contributed by atoms with van der Waals surface area (Å²) < 4.78 is 42.1. The van der Waals surface area contributed by atoms with Crippen molar-refractivity contribution in [2.75, 3.05) is 4.90 Å². The standard InChI is InChI=1S/C70H50N2/c1-69(2)63-27-15-12-26-59(63)60-46-56(40-41-64(60)69)71(54-36-30-48(31-37-54)47-18-6-3-7-19-47)55-38-32-49(33-39-55)50-34-42-67-61(44-50)62-45-52(35-43-68(62)72(67)53-22-10-5-11-23-53)70(51-20-8-4-9-21-51)65-28-16-13-24-57(65)58-25-14-17-29-66(58)70/h3-46H,1-2H3/i32D,33D,38D,39D. The van der Waals surface area contributed by atoms with Crippen molar-refractivity contribution in [1.29, 1.82) is 0 Å². The van der Waals surface area contributed by atoms with Gasteiger partial charge in [-0.1, -0.05) is 208 Å². The van der Waals surface area contributed by atoms with Crippen molar-refractivity contribution >= 4 is 38.9 Å². The average molecular weight is 923 g/mol. The van der Waals surface area contributed by atoms with Crippen LogP contribution in [0.3, 0.4) is 0 Å². The van der Waals surface area contributed by atoms with E-state index >= 15 is 0 Å². The predicted molar refractivity (Wildman–Crippen MR) is 301 cm³/mol. The van der Waals surface area contributed by atoms with Gasteiger partial charge in [0.1, 0.15) is 0 Å². The van der Waals surface area contributed by atoms with E-state index in [2.05, 4.69) is 219 Å². The summed E-state index contributed by atoms with van der Waals surface area (Å²) in [7, 11) is 0. The van der Waals surface area contributed by atoms with E-state index in [0.717, 1.165) is 66.7 Å². The number of anilines is 3. The van der Waals surface area contributed by atoms with E-state index in [0.29, 0.717) is 5.56 Å². The minimum atomic E-state index is -0.619. The molecule has 0 spiro atoms. The highest BCUT2D eigenvalue weighted by Gasteiger charge is 2.46. The maximum Gasteiger partial charge on any atom is 0.0713 e. The topological polar surface area (TPSA) is 8.17 Å². The summed E-state index contributed by atoms with van der Waals surface area (Å²) in [5.41, 5.74) is 18.7. The molecule has 2 nitrogen and oxygen atoms in total. The predicted octanol–water partition coefficient (Wildman–Crippen LogP) is 18.3. The molecule has 340 valence electrons. The lowest BCUT2D eigenvalue weighted by Gasteiger charge is -2.34. The van der Waals surface area contributed by atoms with Gasteiger partial charge in [-0.3, -0.25) is 0 Å². The van der Waals surface area contributed by atoms with Crippen LogP contribution in [-0.2, 0) is 10.8 Å². The molecule has 1 heterocycles. The Kier molecular flexibility index (Phi) is 8.57. The van der Waals surface area contributed by atoms with Crippen molar-refractivity contribution in [2.24, 2.45) is 0 Å². The minimum Gasteiger partial charge on any atom is -0.310 e. The van der Waals surface area contributed by atoms with Gasteiger partial charge in [0.2, 0.25) is 0 Å². The first kappa shape index (κ1) is 37.9. The minimum absolute atomic E-state index is 0.108. The van der Waals surface area contributed by atoms with E-state index in [1.807, 2.05) is 47.4 Å². The van der Waals surface area contributed by atoms with Crippen molar-refractivity contribution in [1.82, 2.24) is 4.57 Å². The number of para-hydroxylation sites is 1. The van der Waals surface area contributed by atoms with Gasteiger partial charge in [-0.25, -0.2) is 0 Å². The fraction of sp³-hybridized carbons (Fsp3) is 0.0571. The van der Waals surface area contributed by atoms with E-state index in [1.165, 1.54) is 38.9 Å². The molecule has 2 aliphatic carbocycles. The maximum atomic E-state index is 9.98. The third kappa shape index (κ3) is 6.28. The number of benzene rings is 11. The molecule has 0 atom stereocenters. The van der Waals surface area contributed by atoms with Crippen molar-refractivity contribution < 1.29 is 5.48 Å². The van der Waals surface area contributed by atoms with Gasteiger partial charge in [0.15, 0.2) is 0 Å². The monoisotopic (exact) mass is 922 g/mol. The van der Waals surface area contributed by atoms with Gasteiger partial charge in [0, 0.05) is 38.9 Å². The number of aromatic nitrogens is 1. The lowest BCUT2D eigenvalue weighted by atomic mass is 9.67. The van der Waals surface area contributed by atoms with Gasteiger partial charge in [-0.2, -0.15) is 0 Å². The fourth-order valence-electron chi connectivity index (χ4n) is 12.2. The second-order valence-corrected chi connectivity index (χ2v) is 19.7. The molecule has 0 bridgehead atoms. The third-order valence-electron chi connectivity index (χ3n) is 15.6. The molecule has 0 radical (unpaired) electrons. The number of rotatable bonds is 8. The Morgan fingerprint density at radius 3 is 1.51 bits per heavy atom. The first-order valence-corrected chi connectivity index (χ1v) is 24.8. The molecule has 12 aromatic rings. The smallest absolute Gasteiger partial charge is 0.0713 e. The zero-order valence-electron chi connectivity index (χ0n) is 44.0. The number of nitrogens with zero attached hydrogens (tertiary/aromatic N) is 2. The molecular formula is C70H50N2. The molecule has 72 heavy (non-hydrogen) atoms. The Morgan fingerprint density at radius 2 is 0.847 bits per heavy atom. The Morgan fingerprint density at radius 1 is 0.347 bits per heavy atom. The van der Waals surface area contributed by atoms with Crippen LogP contribution < -0.4 is 4.90 Å². The van der Waals surface area contributed by atoms with Gasteiger partial charge >= 0.3 is 0 Å². The Hall–Kier alpha value is -8.98. The van der Waals surface area contributed by atoms with Gasteiger partial charge in [0.25, 0.3) is 0 Å². The molecule has 1 aromatic heterocycles. The van der Waals surface area contributed by atoms with Crippen LogP contribution in [0.4, 0.5) is 17.1 Å². The molecule has 0 fully saturated rings. The summed E-state index contributed by atoms with van der Waals surface area (Å²) in [4.78, 5) is 1.91. The van der Waals surface area contributed by atoms with Crippen molar-refractivity contribution in [3.8, 4) is 50.2 Å². The number of hydrogen-bond acceptors (Lipinski definition) is 1. The molecule has 11 aromatic carbocycles. The SMILES string of the molecule is [2H]c1c([2H])c(N(c2ccc(-c3ccccc3)cc2)c2ccc3c(c2)-c2ccccc2C3(C)C)c([2H])c([2H])c1-c1ccc2c(c1)c1cc(C3(c4ccccc4)c4ccccc4-c4ccccc43)ccc1n2-c1ccccc1. The van der Waals surface area contributed by atoms with Crippen LogP contribution in [0.25, 0.3) is 72.0 Å². The fourth-order valence-corrected chi connectivity index (χ4v) is 12.2. The molecular weight excluding hydrogens is 869 g/mol. The molecule has 14 rings (SSSR count). The second-order valence-electron chi connectivity index (χ2n) is 19.7. The highest BCUT2D eigenvalue weighted by molar-refractivity contribution is 6.11. The molecule has 2 heteroatoms. The van der Waals surface area contributed by atoms with Crippen molar-refractivity contribution in [2.45, 2.75) is 24.7 Å². The summed E-state index contributed by atoms with van der Waals surface area (Å²) in [6, 6.07) is 84.6. The summed E-state index contributed by atoms with van der Waals surface area (Å²) in [5.74, 6) is 0. The highest BCUT2D eigenvalue weighted by atomic mass is 15.1. The Balaban J connectivity index is 0.975. The highest BCUT2D eigenvalue weighted by Crippen LogP contribution is 2.57. The van der Waals surface area contributed by atoms with Crippen LogP contribution in [-0.4, -0.2) is 4.57 Å². The van der Waals surface area contributed by atoms with E-state index < -0.39 is 5.41 Å². The van der Waals surface area contributed by atoms with Crippen LogP contribution in [0.5, 0.6) is 0 Å². The van der Waals surface area contributed by atoms with Crippen LogP contribution in [0, 0.1) is 0 Å². The Bertz CT molecular complexity index is 4220. The summed E-state index contributed by atoms with van der Waals surface area (Å²) >= 11 is 0. The lowest BCUT2D eigenvalue weighted by Crippen LogP contribution is -2.28. The molecule has 0 saturated heterocycles. The van der Waals surface area contributed by atoms with E-state index in [-0.39, 0.29) is 40.8 Å². The first-order valence-electron chi connectivity index (χ1n) is 26.8. The molecule has 0 N–H and O–H groups in total. The average Bonchev–Trinajstić information content (AvgIpc) is 4.24. The van der Waals surface area contributed by atoms with E-state index in [1.54, 1.807) is 0 Å². The molecule has 0 saturated carbocycles. The largest absolute Gasteiger partial charge is 0.310 e. The third-order valence-corrected chi connectivity index (χ3v) is 15.6. The van der Waals surface area contributed by atoms with Gasteiger partial charge < -0.3 is 9.47 Å². The first-order chi connectivity index (χ1) is 37.1. The number of hydrogen-bond donors (Lipinski definition) is 0. The van der Waals surface area contributed by atoms with Gasteiger partial charge in [-0.15, -0.1) is 0 Å². The molecule has 0 unspecified atom stereocenters. The van der Waals surface area contributed by atoms with Crippen molar-refractivity contribution in [3.63, 3.8) is 0 Å². The second kappa shape index (κ2) is 16.3. The van der Waals surface area contributed by atoms with Crippen LogP contribution in [0.15, 0.2) is 267 Å². The summed E-state index contributed by atoms with van der Waals surface area (Å²) in [5, 5.41) is 1.97. The maximum absolute atomic E-state index is 9.98. The zero-order chi connectivity index (χ0) is 51.5. The summed E-state index contributed by atoms with van der Waals surface area (Å²) in [6.45, 7) is 4.51. The van der Waals surface area contributed by atoms with Crippen LogP contribution in [0.2, 0.25) is 0 Å². The van der Waals surface area contributed by atoms with Gasteiger partial charge in [-0.05, 0) is 151 Å². The summed E-state index contributed by atoms with van der Waals surface area (Å²) in [6.07, 6.45) is 0. The zero-order valence-corrected chi connectivity index (χ0v) is 40.0. The van der Waals surface area contributed by atoms with Crippen molar-refractivity contribution in [3.05, 3.63) is 300 Å². The quantitative estimate of drug-likeness (QED) is 0.147. The van der Waals surface area contributed by atoms with E-state index in [9.17, 15) is 5.48 Å². The van der Waals surface area contributed by atoms with E-state index in [4.69, 9.17) is 0 Å². The normalized spacial score (nSPS) is 14.4. The molecule has 0 amide bonds.